The molecule has 0 unspecified atom stereocenters. The van der Waals surface area contributed by atoms with Gasteiger partial charge in [-0.15, -0.1) is 0 Å². The molecule has 0 bridgehead atoms. The SMILES string of the molecule is N[C@](Cc1ccccc1)(c1ccc(F)cc1)c1cc(F)cc(C(F)F)c1. The van der Waals surface area contributed by atoms with Crippen molar-refractivity contribution in [3.8, 4) is 0 Å². The highest BCUT2D eigenvalue weighted by Gasteiger charge is 2.31. The minimum absolute atomic E-state index is 0.211. The average molecular weight is 359 g/mol. The van der Waals surface area contributed by atoms with Crippen LogP contribution < -0.4 is 5.73 Å². The van der Waals surface area contributed by atoms with Gasteiger partial charge in [-0.3, -0.25) is 0 Å². The second-order valence-electron chi connectivity index (χ2n) is 6.21. The van der Waals surface area contributed by atoms with Crippen LogP contribution in [0.15, 0.2) is 72.8 Å². The Hall–Kier alpha value is -2.66. The zero-order valence-electron chi connectivity index (χ0n) is 13.8. The van der Waals surface area contributed by atoms with Gasteiger partial charge in [0.05, 0.1) is 5.54 Å². The highest BCUT2D eigenvalue weighted by molar-refractivity contribution is 5.42. The Labute approximate surface area is 149 Å². The van der Waals surface area contributed by atoms with Crippen LogP contribution in [0, 0.1) is 11.6 Å². The van der Waals surface area contributed by atoms with Crippen LogP contribution >= 0.6 is 0 Å². The molecule has 3 rings (SSSR count). The molecule has 0 heterocycles. The molecule has 1 nitrogen and oxygen atoms in total. The zero-order chi connectivity index (χ0) is 18.7. The Morgan fingerprint density at radius 1 is 0.769 bits per heavy atom. The summed E-state index contributed by atoms with van der Waals surface area (Å²) in [6.07, 6.45) is -2.58. The van der Waals surface area contributed by atoms with Crippen LogP contribution in [-0.4, -0.2) is 0 Å². The number of hydrogen-bond acceptors (Lipinski definition) is 1. The molecule has 0 saturated carbocycles. The summed E-state index contributed by atoms with van der Waals surface area (Å²) in [4.78, 5) is 0. The van der Waals surface area contributed by atoms with E-state index in [1.165, 1.54) is 30.3 Å². The van der Waals surface area contributed by atoms with Gasteiger partial charge in [0.1, 0.15) is 11.6 Å². The summed E-state index contributed by atoms with van der Waals surface area (Å²) in [6, 6.07) is 17.8. The predicted molar refractivity (Wildman–Crippen MR) is 92.9 cm³/mol. The summed E-state index contributed by atoms with van der Waals surface area (Å²) in [6.45, 7) is 0. The summed E-state index contributed by atoms with van der Waals surface area (Å²) in [7, 11) is 0. The fourth-order valence-electron chi connectivity index (χ4n) is 3.03. The molecular formula is C21H17F4N. The van der Waals surface area contributed by atoms with E-state index in [-0.39, 0.29) is 12.0 Å². The van der Waals surface area contributed by atoms with Crippen LogP contribution in [0.5, 0.6) is 0 Å². The van der Waals surface area contributed by atoms with Crippen LogP contribution in [-0.2, 0) is 12.0 Å². The van der Waals surface area contributed by atoms with Gasteiger partial charge in [0.2, 0.25) is 0 Å². The fourth-order valence-corrected chi connectivity index (χ4v) is 3.03. The topological polar surface area (TPSA) is 26.0 Å². The van der Waals surface area contributed by atoms with Gasteiger partial charge >= 0.3 is 0 Å². The largest absolute Gasteiger partial charge is 0.317 e. The fraction of sp³-hybridized carbons (Fsp3) is 0.143. The molecule has 3 aromatic carbocycles. The molecule has 134 valence electrons. The first kappa shape index (κ1) is 18.1. The molecule has 3 aromatic rings. The lowest BCUT2D eigenvalue weighted by Gasteiger charge is -2.31. The van der Waals surface area contributed by atoms with Crippen LogP contribution in [0.4, 0.5) is 17.6 Å². The van der Waals surface area contributed by atoms with E-state index in [1.54, 1.807) is 0 Å². The first-order valence-corrected chi connectivity index (χ1v) is 8.06. The molecule has 2 N–H and O–H groups in total. The summed E-state index contributed by atoms with van der Waals surface area (Å²) >= 11 is 0. The molecule has 0 aliphatic carbocycles. The van der Waals surface area contributed by atoms with Crippen molar-refractivity contribution in [1.29, 1.82) is 0 Å². The van der Waals surface area contributed by atoms with Gasteiger partial charge in [-0.2, -0.15) is 0 Å². The van der Waals surface area contributed by atoms with Gasteiger partial charge in [-0.05, 0) is 53.4 Å². The van der Waals surface area contributed by atoms with Gasteiger partial charge in [0.15, 0.2) is 0 Å². The molecule has 0 spiro atoms. The van der Waals surface area contributed by atoms with Gasteiger partial charge < -0.3 is 5.73 Å². The number of hydrogen-bond donors (Lipinski definition) is 1. The first-order chi connectivity index (χ1) is 12.4. The molecule has 0 radical (unpaired) electrons. The van der Waals surface area contributed by atoms with Crippen LogP contribution in [0.25, 0.3) is 0 Å². The number of benzene rings is 3. The Morgan fingerprint density at radius 2 is 1.42 bits per heavy atom. The van der Waals surface area contributed by atoms with Crippen molar-refractivity contribution in [3.63, 3.8) is 0 Å². The van der Waals surface area contributed by atoms with Crippen molar-refractivity contribution in [2.45, 2.75) is 18.4 Å². The third-order valence-corrected chi connectivity index (χ3v) is 4.37. The Kier molecular flexibility index (Phi) is 5.09. The lowest BCUT2D eigenvalue weighted by Crippen LogP contribution is -2.40. The lowest BCUT2D eigenvalue weighted by atomic mass is 9.78. The molecule has 0 aliphatic heterocycles. The average Bonchev–Trinajstić information content (AvgIpc) is 2.62. The number of nitrogens with two attached hydrogens (primary N) is 1. The van der Waals surface area contributed by atoms with Crippen LogP contribution in [0.1, 0.15) is 28.7 Å². The smallest absolute Gasteiger partial charge is 0.263 e. The quantitative estimate of drug-likeness (QED) is 0.611. The van der Waals surface area contributed by atoms with Crippen LogP contribution in [0.3, 0.4) is 0 Å². The molecule has 0 amide bonds. The molecule has 0 fully saturated rings. The first-order valence-electron chi connectivity index (χ1n) is 8.06. The van der Waals surface area contributed by atoms with Crippen molar-refractivity contribution in [1.82, 2.24) is 0 Å². The molecule has 1 atom stereocenters. The van der Waals surface area contributed by atoms with E-state index in [9.17, 15) is 17.6 Å². The van der Waals surface area contributed by atoms with Gasteiger partial charge in [-0.25, -0.2) is 17.6 Å². The molecule has 5 heteroatoms. The van der Waals surface area contributed by atoms with Crippen molar-refractivity contribution >= 4 is 0 Å². The van der Waals surface area contributed by atoms with E-state index in [0.29, 0.717) is 5.56 Å². The van der Waals surface area contributed by atoms with Crippen molar-refractivity contribution < 1.29 is 17.6 Å². The number of alkyl halides is 2. The molecule has 0 aromatic heterocycles. The summed E-state index contributed by atoms with van der Waals surface area (Å²) in [5.41, 5.74) is 6.46. The van der Waals surface area contributed by atoms with Gasteiger partial charge in [-0.1, -0.05) is 42.5 Å². The summed E-state index contributed by atoms with van der Waals surface area (Å²) in [5, 5.41) is 0. The van der Waals surface area contributed by atoms with Crippen molar-refractivity contribution in [2.24, 2.45) is 5.73 Å². The second kappa shape index (κ2) is 7.30. The summed E-state index contributed by atoms with van der Waals surface area (Å²) < 4.78 is 53.6. The van der Waals surface area contributed by atoms with E-state index >= 15 is 0 Å². The van der Waals surface area contributed by atoms with E-state index in [0.717, 1.165) is 17.7 Å². The van der Waals surface area contributed by atoms with E-state index < -0.39 is 29.2 Å². The number of rotatable bonds is 5. The highest BCUT2D eigenvalue weighted by atomic mass is 19.3. The maximum atomic E-state index is 14.0. The molecule has 0 aliphatic rings. The molecule has 26 heavy (non-hydrogen) atoms. The van der Waals surface area contributed by atoms with Crippen molar-refractivity contribution in [3.05, 3.63) is 107 Å². The highest BCUT2D eigenvalue weighted by Crippen LogP contribution is 2.34. The lowest BCUT2D eigenvalue weighted by molar-refractivity contribution is 0.150. The van der Waals surface area contributed by atoms with E-state index in [4.69, 9.17) is 5.73 Å². The maximum absolute atomic E-state index is 14.0. The normalized spacial score (nSPS) is 13.6. The van der Waals surface area contributed by atoms with Gasteiger partial charge in [0.25, 0.3) is 6.43 Å². The zero-order valence-corrected chi connectivity index (χ0v) is 13.8. The number of halogens is 4. The Bertz CT molecular complexity index is 878. The standard InChI is InChI=1S/C21H17F4N/c22-18-8-6-16(7-9-18)21(26,13-14-4-2-1-3-5-14)17-10-15(20(24)25)11-19(23)12-17/h1-12,20H,13,26H2/t21-/m1/s1. The third-order valence-electron chi connectivity index (χ3n) is 4.37. The van der Waals surface area contributed by atoms with Gasteiger partial charge in [0, 0.05) is 5.56 Å². The minimum Gasteiger partial charge on any atom is -0.317 e. The minimum atomic E-state index is -2.82. The monoisotopic (exact) mass is 359 g/mol. The second-order valence-corrected chi connectivity index (χ2v) is 6.21. The summed E-state index contributed by atoms with van der Waals surface area (Å²) in [5.74, 6) is -1.23. The molecular weight excluding hydrogens is 342 g/mol. The predicted octanol–water partition coefficient (Wildman–Crippen LogP) is 5.35. The van der Waals surface area contributed by atoms with Crippen molar-refractivity contribution in [2.75, 3.05) is 0 Å². The van der Waals surface area contributed by atoms with E-state index in [2.05, 4.69) is 0 Å². The van der Waals surface area contributed by atoms with Crippen LogP contribution in [0.2, 0.25) is 0 Å². The third kappa shape index (κ3) is 3.78. The Balaban J connectivity index is 2.16. The molecule has 0 saturated heterocycles. The maximum Gasteiger partial charge on any atom is 0.263 e. The Morgan fingerprint density at radius 3 is 2.04 bits per heavy atom. The van der Waals surface area contributed by atoms with E-state index in [1.807, 2.05) is 30.3 Å².